The zero-order valence-electron chi connectivity index (χ0n) is 11.8. The van der Waals surface area contributed by atoms with Gasteiger partial charge in [0.1, 0.15) is 17.0 Å². The Labute approximate surface area is 117 Å². The highest BCUT2D eigenvalue weighted by molar-refractivity contribution is 5.93. The number of aromatic nitrogens is 1. The van der Waals surface area contributed by atoms with E-state index in [4.69, 9.17) is 14.6 Å². The van der Waals surface area contributed by atoms with Gasteiger partial charge in [-0.15, -0.1) is 0 Å². The van der Waals surface area contributed by atoms with Gasteiger partial charge in [0.15, 0.2) is 0 Å². The lowest BCUT2D eigenvalue weighted by atomic mass is 10.0. The minimum absolute atomic E-state index is 0.0679. The second-order valence-electron chi connectivity index (χ2n) is 4.51. The van der Waals surface area contributed by atoms with Crippen LogP contribution in [0.2, 0.25) is 0 Å². The number of carboxylic acid groups (broad SMARTS) is 1. The van der Waals surface area contributed by atoms with Crippen molar-refractivity contribution in [2.75, 3.05) is 14.2 Å². The minimum Gasteiger partial charge on any atom is -0.496 e. The van der Waals surface area contributed by atoms with E-state index in [9.17, 15) is 4.79 Å². The summed E-state index contributed by atoms with van der Waals surface area (Å²) in [5.41, 5.74) is 2.42. The summed E-state index contributed by atoms with van der Waals surface area (Å²) in [6, 6.07) is 5.51. The molecule has 0 unspecified atom stereocenters. The van der Waals surface area contributed by atoms with Crippen LogP contribution in [0.25, 0.3) is 10.9 Å². The number of benzene rings is 1. The second kappa shape index (κ2) is 5.77. The molecule has 0 saturated heterocycles. The number of pyridine rings is 1. The number of nitrogens with zero attached hydrogens (tertiary/aromatic N) is 1. The van der Waals surface area contributed by atoms with E-state index in [2.05, 4.69) is 4.98 Å². The molecule has 0 aliphatic heterocycles. The van der Waals surface area contributed by atoms with Gasteiger partial charge < -0.3 is 14.6 Å². The van der Waals surface area contributed by atoms with E-state index in [0.717, 1.165) is 16.6 Å². The van der Waals surface area contributed by atoms with Crippen molar-refractivity contribution >= 4 is 16.9 Å². The molecule has 0 radical (unpaired) electrons. The lowest BCUT2D eigenvalue weighted by molar-refractivity contribution is -0.136. The topological polar surface area (TPSA) is 68.7 Å². The van der Waals surface area contributed by atoms with Gasteiger partial charge >= 0.3 is 5.97 Å². The van der Waals surface area contributed by atoms with Crippen molar-refractivity contribution in [3.05, 3.63) is 29.5 Å². The highest BCUT2D eigenvalue weighted by Crippen LogP contribution is 2.34. The molecule has 1 aromatic carbocycles. The number of carboxylic acids is 1. The Bertz CT molecular complexity index is 652. The molecule has 0 bridgehead atoms. The predicted molar refractivity (Wildman–Crippen MR) is 75.5 cm³/mol. The van der Waals surface area contributed by atoms with Crippen LogP contribution < -0.4 is 9.47 Å². The van der Waals surface area contributed by atoms with Gasteiger partial charge in [-0.3, -0.25) is 4.79 Å². The van der Waals surface area contributed by atoms with Gasteiger partial charge in [0.25, 0.3) is 0 Å². The first-order chi connectivity index (χ1) is 9.56. The quantitative estimate of drug-likeness (QED) is 0.908. The molecular weight excluding hydrogens is 258 g/mol. The van der Waals surface area contributed by atoms with Crippen LogP contribution in [0.3, 0.4) is 0 Å². The van der Waals surface area contributed by atoms with Crippen LogP contribution in [0, 0.1) is 6.92 Å². The number of methoxy groups -OCH3 is 2. The van der Waals surface area contributed by atoms with E-state index in [1.54, 1.807) is 14.2 Å². The number of carbonyl (C=O) groups is 1. The van der Waals surface area contributed by atoms with Crippen molar-refractivity contribution in [3.8, 4) is 11.5 Å². The normalized spacial score (nSPS) is 10.6. The average molecular weight is 275 g/mol. The summed E-state index contributed by atoms with van der Waals surface area (Å²) in [6.07, 6.45) is 0.495. The van der Waals surface area contributed by atoms with Crippen molar-refractivity contribution in [1.82, 2.24) is 4.98 Å². The Morgan fingerprint density at radius 1 is 1.25 bits per heavy atom. The van der Waals surface area contributed by atoms with Gasteiger partial charge in [-0.1, -0.05) is 6.07 Å². The molecular formula is C15H17NO4. The molecule has 0 aliphatic carbocycles. The number of fused-ring (bicyclic) bond motifs is 1. The van der Waals surface area contributed by atoms with Crippen molar-refractivity contribution in [2.45, 2.75) is 19.8 Å². The Hall–Kier alpha value is -2.30. The van der Waals surface area contributed by atoms with Crippen molar-refractivity contribution < 1.29 is 19.4 Å². The second-order valence-corrected chi connectivity index (χ2v) is 4.51. The first kappa shape index (κ1) is 14.1. The molecule has 0 spiro atoms. The molecule has 1 heterocycles. The standard InChI is InChI=1S/C15H17NO4/c1-9-8-12(20-3)14-10(5-7-13(17)18)4-6-11(19-2)15(14)16-9/h4,6,8H,5,7H2,1-3H3,(H,17,18). The summed E-state index contributed by atoms with van der Waals surface area (Å²) in [6.45, 7) is 1.88. The van der Waals surface area contributed by atoms with Gasteiger partial charge in [0.05, 0.1) is 14.2 Å². The molecule has 0 atom stereocenters. The molecule has 0 amide bonds. The third-order valence-corrected chi connectivity index (χ3v) is 3.15. The maximum Gasteiger partial charge on any atom is 0.303 e. The number of ether oxygens (including phenoxy) is 2. The molecule has 0 fully saturated rings. The summed E-state index contributed by atoms with van der Waals surface area (Å²) in [4.78, 5) is 15.3. The molecule has 5 nitrogen and oxygen atoms in total. The molecule has 5 heteroatoms. The number of rotatable bonds is 5. The molecule has 1 aromatic heterocycles. The Morgan fingerprint density at radius 3 is 2.55 bits per heavy atom. The summed E-state index contributed by atoms with van der Waals surface area (Å²) >= 11 is 0. The number of hydrogen-bond acceptors (Lipinski definition) is 4. The largest absolute Gasteiger partial charge is 0.496 e. The lowest BCUT2D eigenvalue weighted by Crippen LogP contribution is -2.01. The average Bonchev–Trinajstić information content (AvgIpc) is 2.43. The van der Waals surface area contributed by atoms with E-state index in [1.807, 2.05) is 25.1 Å². The summed E-state index contributed by atoms with van der Waals surface area (Å²) in [7, 11) is 3.18. The van der Waals surface area contributed by atoms with Gasteiger partial charge in [-0.25, -0.2) is 4.98 Å². The Balaban J connectivity index is 2.67. The zero-order chi connectivity index (χ0) is 14.7. The summed E-state index contributed by atoms with van der Waals surface area (Å²) < 4.78 is 10.7. The Kier molecular flexibility index (Phi) is 4.08. The van der Waals surface area contributed by atoms with Gasteiger partial charge in [0.2, 0.25) is 0 Å². The van der Waals surface area contributed by atoms with E-state index in [0.29, 0.717) is 23.4 Å². The molecule has 1 N–H and O–H groups in total. The van der Waals surface area contributed by atoms with Crippen LogP contribution >= 0.6 is 0 Å². The van der Waals surface area contributed by atoms with Gasteiger partial charge in [-0.2, -0.15) is 0 Å². The van der Waals surface area contributed by atoms with Crippen LogP contribution in [0.4, 0.5) is 0 Å². The van der Waals surface area contributed by atoms with Gasteiger partial charge in [0, 0.05) is 23.6 Å². The van der Waals surface area contributed by atoms with Crippen LogP contribution in [0.1, 0.15) is 17.7 Å². The maximum atomic E-state index is 10.8. The fourth-order valence-corrected chi connectivity index (χ4v) is 2.25. The fourth-order valence-electron chi connectivity index (χ4n) is 2.25. The maximum absolute atomic E-state index is 10.8. The molecule has 0 saturated carbocycles. The van der Waals surface area contributed by atoms with Crippen LogP contribution in [-0.4, -0.2) is 30.3 Å². The number of aryl methyl sites for hydroxylation is 2. The number of hydrogen-bond donors (Lipinski definition) is 1. The number of aliphatic carboxylic acids is 1. The monoisotopic (exact) mass is 275 g/mol. The highest BCUT2D eigenvalue weighted by Gasteiger charge is 2.14. The molecule has 2 aromatic rings. The van der Waals surface area contributed by atoms with Crippen molar-refractivity contribution in [2.24, 2.45) is 0 Å². The first-order valence-corrected chi connectivity index (χ1v) is 6.29. The van der Waals surface area contributed by atoms with Crippen molar-refractivity contribution in [3.63, 3.8) is 0 Å². The van der Waals surface area contributed by atoms with E-state index >= 15 is 0 Å². The SMILES string of the molecule is COc1ccc(CCC(=O)O)c2c(OC)cc(C)nc12. The van der Waals surface area contributed by atoms with Gasteiger partial charge in [-0.05, 0) is 25.0 Å². The molecule has 2 rings (SSSR count). The third-order valence-electron chi connectivity index (χ3n) is 3.15. The predicted octanol–water partition coefficient (Wildman–Crippen LogP) is 2.58. The van der Waals surface area contributed by atoms with Crippen LogP contribution in [0.15, 0.2) is 18.2 Å². The van der Waals surface area contributed by atoms with Crippen molar-refractivity contribution in [1.29, 1.82) is 0 Å². The zero-order valence-corrected chi connectivity index (χ0v) is 11.8. The summed E-state index contributed by atoms with van der Waals surface area (Å²) in [5.74, 6) is 0.515. The third kappa shape index (κ3) is 2.66. The molecule has 106 valence electrons. The Morgan fingerprint density at radius 2 is 1.95 bits per heavy atom. The minimum atomic E-state index is -0.826. The highest BCUT2D eigenvalue weighted by atomic mass is 16.5. The molecule has 0 aliphatic rings. The first-order valence-electron chi connectivity index (χ1n) is 6.29. The van der Waals surface area contributed by atoms with E-state index < -0.39 is 5.97 Å². The van der Waals surface area contributed by atoms with Crippen LogP contribution in [-0.2, 0) is 11.2 Å². The lowest BCUT2D eigenvalue weighted by Gasteiger charge is -2.13. The summed E-state index contributed by atoms with van der Waals surface area (Å²) in [5, 5.41) is 9.66. The van der Waals surface area contributed by atoms with E-state index in [1.165, 1.54) is 0 Å². The molecule has 20 heavy (non-hydrogen) atoms. The van der Waals surface area contributed by atoms with E-state index in [-0.39, 0.29) is 6.42 Å². The fraction of sp³-hybridized carbons (Fsp3) is 0.333. The van der Waals surface area contributed by atoms with Crippen LogP contribution in [0.5, 0.6) is 11.5 Å². The smallest absolute Gasteiger partial charge is 0.303 e.